The van der Waals surface area contributed by atoms with Gasteiger partial charge in [0.25, 0.3) is 11.5 Å². The van der Waals surface area contributed by atoms with E-state index in [2.05, 4.69) is 15.3 Å². The maximum absolute atomic E-state index is 12.6. The number of ether oxygens (including phenoxy) is 1. The van der Waals surface area contributed by atoms with Crippen molar-refractivity contribution in [1.29, 1.82) is 0 Å². The number of carbonyl (C=O) groups excluding carboxylic acids is 1. The molecule has 0 saturated heterocycles. The number of H-pyrrole nitrogens is 2. The molecular formula is C24H25N5O5. The van der Waals surface area contributed by atoms with E-state index in [1.807, 2.05) is 35.3 Å². The quantitative estimate of drug-likeness (QED) is 0.320. The number of rotatable bonds is 8. The molecule has 0 spiro atoms. The summed E-state index contributed by atoms with van der Waals surface area (Å²) in [6.07, 6.45) is 3.06. The van der Waals surface area contributed by atoms with Crippen molar-refractivity contribution in [3.8, 4) is 11.5 Å². The van der Waals surface area contributed by atoms with Crippen molar-refractivity contribution in [2.75, 3.05) is 7.11 Å². The number of methoxy groups -OCH3 is 1. The summed E-state index contributed by atoms with van der Waals surface area (Å²) >= 11 is 0. The van der Waals surface area contributed by atoms with Crippen LogP contribution in [-0.2, 0) is 6.54 Å². The van der Waals surface area contributed by atoms with Crippen molar-refractivity contribution in [2.24, 2.45) is 10.7 Å². The minimum Gasteiger partial charge on any atom is -0.501 e. The van der Waals surface area contributed by atoms with Crippen LogP contribution < -0.4 is 27.0 Å². The van der Waals surface area contributed by atoms with Gasteiger partial charge in [-0.15, -0.1) is 0 Å². The van der Waals surface area contributed by atoms with Gasteiger partial charge in [-0.3, -0.25) is 24.5 Å². The minimum absolute atomic E-state index is 0.477. The Labute approximate surface area is 194 Å². The summed E-state index contributed by atoms with van der Waals surface area (Å²) in [7, 11) is 1.53. The zero-order chi connectivity index (χ0) is 24.7. The predicted molar refractivity (Wildman–Crippen MR) is 129 cm³/mol. The average molecular weight is 463 g/mol. The molecule has 0 fully saturated rings. The molecule has 3 aromatic rings. The van der Waals surface area contributed by atoms with Gasteiger partial charge in [0.15, 0.2) is 5.69 Å². The van der Waals surface area contributed by atoms with E-state index in [9.17, 15) is 19.5 Å². The molecule has 0 saturated carbocycles. The maximum atomic E-state index is 12.6. The molecule has 0 aliphatic rings. The van der Waals surface area contributed by atoms with Gasteiger partial charge in [-0.2, -0.15) is 0 Å². The second kappa shape index (κ2) is 10.8. The van der Waals surface area contributed by atoms with Crippen LogP contribution in [0.15, 0.2) is 69.3 Å². The first-order valence-electron chi connectivity index (χ1n) is 10.3. The van der Waals surface area contributed by atoms with Crippen molar-refractivity contribution in [3.05, 3.63) is 98.0 Å². The van der Waals surface area contributed by atoms with E-state index in [0.29, 0.717) is 29.0 Å². The lowest BCUT2D eigenvalue weighted by atomic mass is 9.99. The average Bonchev–Trinajstić information content (AvgIpc) is 2.84. The number of nitrogens with one attached hydrogen (secondary N) is 3. The van der Waals surface area contributed by atoms with E-state index < -0.39 is 34.6 Å². The van der Waals surface area contributed by atoms with E-state index in [1.165, 1.54) is 13.3 Å². The van der Waals surface area contributed by atoms with Crippen molar-refractivity contribution >= 4 is 17.7 Å². The van der Waals surface area contributed by atoms with Crippen LogP contribution in [0.5, 0.6) is 11.5 Å². The molecule has 1 aromatic heterocycles. The molecule has 1 heterocycles. The number of benzene rings is 2. The molecule has 3 rings (SSSR count). The van der Waals surface area contributed by atoms with Crippen LogP contribution in [-0.4, -0.2) is 34.3 Å². The molecule has 1 amide bonds. The smallest absolute Gasteiger partial charge is 0.326 e. The number of amides is 1. The molecule has 34 heavy (non-hydrogen) atoms. The normalized spacial score (nSPS) is 12.5. The lowest BCUT2D eigenvalue weighted by Gasteiger charge is -2.17. The Morgan fingerprint density at radius 1 is 1.21 bits per heavy atom. The third kappa shape index (κ3) is 5.60. The molecule has 0 aliphatic heterocycles. The van der Waals surface area contributed by atoms with Crippen LogP contribution in [0.3, 0.4) is 0 Å². The minimum atomic E-state index is -1.05. The van der Waals surface area contributed by atoms with Crippen LogP contribution in [0.4, 0.5) is 0 Å². The number of nitrogens with two attached hydrogens (primary N) is 1. The first kappa shape index (κ1) is 24.1. The monoisotopic (exact) mass is 463 g/mol. The first-order chi connectivity index (χ1) is 16.3. The van der Waals surface area contributed by atoms with Crippen molar-refractivity contribution in [2.45, 2.75) is 19.5 Å². The summed E-state index contributed by atoms with van der Waals surface area (Å²) in [5, 5.41) is 12.5. The van der Waals surface area contributed by atoms with Gasteiger partial charge in [-0.1, -0.05) is 36.4 Å². The standard InChI is InChI=1S/C24H25N5O5/c1-14(27-22(31)20-21(30)23(32)29-24(33)28-20)16-8-9-19(34-2)18(10-16)17(11-25)13-26-12-15-6-4-3-5-7-15/h3-11,13-14,30H,12,25H2,1-2H3,(H,27,31)(H2,28,29,32,33)/b17-11+,26-13?/t14-/m1/s1. The van der Waals surface area contributed by atoms with Gasteiger partial charge in [0.05, 0.1) is 19.7 Å². The highest BCUT2D eigenvalue weighted by Gasteiger charge is 2.19. The van der Waals surface area contributed by atoms with Gasteiger partial charge in [0.2, 0.25) is 5.75 Å². The van der Waals surface area contributed by atoms with Crippen LogP contribution >= 0.6 is 0 Å². The molecule has 0 bridgehead atoms. The van der Waals surface area contributed by atoms with Crippen LogP contribution in [0, 0.1) is 0 Å². The second-order valence-corrected chi connectivity index (χ2v) is 7.36. The van der Waals surface area contributed by atoms with Crippen LogP contribution in [0.1, 0.15) is 40.1 Å². The molecule has 10 nitrogen and oxygen atoms in total. The lowest BCUT2D eigenvalue weighted by molar-refractivity contribution is 0.0931. The van der Waals surface area contributed by atoms with Gasteiger partial charge in [-0.05, 0) is 30.2 Å². The van der Waals surface area contributed by atoms with Gasteiger partial charge in [-0.25, -0.2) is 4.79 Å². The number of aliphatic imine (C=N–C) groups is 1. The zero-order valence-electron chi connectivity index (χ0n) is 18.7. The highest BCUT2D eigenvalue weighted by atomic mass is 16.5. The van der Waals surface area contributed by atoms with Crippen LogP contribution in [0.2, 0.25) is 0 Å². The molecule has 2 aromatic carbocycles. The highest BCUT2D eigenvalue weighted by molar-refractivity contribution is 6.10. The molecule has 10 heteroatoms. The summed E-state index contributed by atoms with van der Waals surface area (Å²) in [6, 6.07) is 14.5. The van der Waals surface area contributed by atoms with Crippen molar-refractivity contribution in [1.82, 2.24) is 15.3 Å². The third-order valence-electron chi connectivity index (χ3n) is 5.05. The molecule has 0 unspecified atom stereocenters. The first-order valence-corrected chi connectivity index (χ1v) is 10.3. The van der Waals surface area contributed by atoms with E-state index in [0.717, 1.165) is 5.56 Å². The number of nitrogens with zero attached hydrogens (tertiary/aromatic N) is 1. The third-order valence-corrected chi connectivity index (χ3v) is 5.05. The Hall–Kier alpha value is -4.60. The fraction of sp³-hybridized carbons (Fsp3) is 0.167. The van der Waals surface area contributed by atoms with Crippen molar-refractivity contribution < 1.29 is 14.6 Å². The van der Waals surface area contributed by atoms with E-state index in [4.69, 9.17) is 10.5 Å². The lowest BCUT2D eigenvalue weighted by Crippen LogP contribution is -2.32. The zero-order valence-corrected chi connectivity index (χ0v) is 18.7. The number of carbonyl (C=O) groups is 1. The number of allylic oxidation sites excluding steroid dienone is 1. The molecule has 6 N–H and O–H groups in total. The highest BCUT2D eigenvalue weighted by Crippen LogP contribution is 2.28. The van der Waals surface area contributed by atoms with Crippen molar-refractivity contribution in [3.63, 3.8) is 0 Å². The molecular weight excluding hydrogens is 438 g/mol. The van der Waals surface area contributed by atoms with E-state index in [1.54, 1.807) is 31.3 Å². The summed E-state index contributed by atoms with van der Waals surface area (Å²) in [5.74, 6) is -1.13. The number of aromatic hydroxyl groups is 1. The van der Waals surface area contributed by atoms with E-state index >= 15 is 0 Å². The largest absolute Gasteiger partial charge is 0.501 e. The van der Waals surface area contributed by atoms with Gasteiger partial charge < -0.3 is 20.9 Å². The molecule has 0 aliphatic carbocycles. The fourth-order valence-electron chi connectivity index (χ4n) is 3.25. The summed E-state index contributed by atoms with van der Waals surface area (Å²) in [6.45, 7) is 2.19. The summed E-state index contributed by atoms with van der Waals surface area (Å²) < 4.78 is 5.46. The molecule has 176 valence electrons. The molecule has 1 atom stereocenters. The Kier molecular flexibility index (Phi) is 7.65. The Morgan fingerprint density at radius 3 is 2.62 bits per heavy atom. The Morgan fingerprint density at radius 2 is 1.94 bits per heavy atom. The number of hydrogen-bond acceptors (Lipinski definition) is 7. The number of hydrogen-bond donors (Lipinski definition) is 5. The van der Waals surface area contributed by atoms with Crippen LogP contribution in [0.25, 0.3) is 5.57 Å². The Bertz CT molecular complexity index is 1340. The van der Waals surface area contributed by atoms with Gasteiger partial charge in [0.1, 0.15) is 5.75 Å². The Balaban J connectivity index is 1.84. The van der Waals surface area contributed by atoms with Gasteiger partial charge in [0, 0.05) is 23.6 Å². The predicted octanol–water partition coefficient (Wildman–Crippen LogP) is 1.84. The SMILES string of the molecule is COc1ccc([C@@H](C)NC(=O)c2[nH]c(=O)[nH]c(=O)c2O)cc1/C(C=NCc1ccccc1)=C/N. The topological polar surface area (TPSA) is 163 Å². The molecule has 0 radical (unpaired) electrons. The van der Waals surface area contributed by atoms with E-state index in [-0.39, 0.29) is 0 Å². The summed E-state index contributed by atoms with van der Waals surface area (Å²) in [5.41, 5.74) is 6.39. The second-order valence-electron chi connectivity index (χ2n) is 7.36. The van der Waals surface area contributed by atoms with Gasteiger partial charge >= 0.3 is 5.69 Å². The fourth-order valence-corrected chi connectivity index (χ4v) is 3.25. The number of aromatic nitrogens is 2. The number of aromatic amines is 2. The maximum Gasteiger partial charge on any atom is 0.326 e. The summed E-state index contributed by atoms with van der Waals surface area (Å²) in [4.78, 5) is 44.0.